The van der Waals surface area contributed by atoms with Crippen LogP contribution in [0.4, 0.5) is 0 Å². The molecule has 2 bridgehead atoms. The summed E-state index contributed by atoms with van der Waals surface area (Å²) in [6.45, 7) is 7.95. The number of benzene rings is 2. The minimum Gasteiger partial charge on any atom is -0.497 e. The second-order valence-electron chi connectivity index (χ2n) is 11.2. The Morgan fingerprint density at radius 2 is 1.09 bits per heavy atom. The first-order valence-corrected chi connectivity index (χ1v) is 15.5. The molecule has 2 aromatic carbocycles. The lowest BCUT2D eigenvalue weighted by molar-refractivity contribution is -0.196. The molecular formula is C35H41NO10. The molecular weight excluding hydrogens is 594 g/mol. The van der Waals surface area contributed by atoms with E-state index in [-0.39, 0.29) is 32.0 Å². The number of allylic oxidation sites excluding steroid dienone is 1. The zero-order valence-corrected chi connectivity index (χ0v) is 27.0. The van der Waals surface area contributed by atoms with Crippen LogP contribution >= 0.6 is 0 Å². The largest absolute Gasteiger partial charge is 0.497 e. The first-order chi connectivity index (χ1) is 22.0. The topological polar surface area (TPSA) is 144 Å². The van der Waals surface area contributed by atoms with Crippen LogP contribution in [0.1, 0.15) is 50.5 Å². The van der Waals surface area contributed by atoms with Crippen molar-refractivity contribution in [2.75, 3.05) is 33.5 Å². The van der Waals surface area contributed by atoms with Crippen molar-refractivity contribution >= 4 is 35.4 Å². The van der Waals surface area contributed by atoms with Gasteiger partial charge in [0.2, 0.25) is 0 Å². The fraction of sp³-hybridized carbons (Fsp3) is 0.457. The van der Waals surface area contributed by atoms with E-state index in [1.54, 1.807) is 95.3 Å². The number of carbonyl (C=O) groups excluding carboxylic acids is 5. The zero-order valence-electron chi connectivity index (χ0n) is 27.0. The number of amides is 1. The molecule has 0 radical (unpaired) electrons. The normalized spacial score (nSPS) is 26.3. The molecule has 0 saturated heterocycles. The summed E-state index contributed by atoms with van der Waals surface area (Å²) in [5.41, 5.74) is -2.37. The Bertz CT molecular complexity index is 1430. The fourth-order valence-electron chi connectivity index (χ4n) is 7.11. The third-order valence-electron chi connectivity index (χ3n) is 8.88. The second-order valence-corrected chi connectivity index (χ2v) is 11.2. The second kappa shape index (κ2) is 14.2. The summed E-state index contributed by atoms with van der Waals surface area (Å²) < 4.78 is 27.6. The maximum atomic E-state index is 14.2. The molecule has 5 rings (SSSR count). The number of nitrogens with one attached hydrogen (secondary N) is 1. The van der Waals surface area contributed by atoms with Crippen molar-refractivity contribution < 1.29 is 47.7 Å². The van der Waals surface area contributed by atoms with Gasteiger partial charge in [-0.05, 0) is 63.1 Å². The molecule has 3 aliphatic rings. The number of hydrogen-bond acceptors (Lipinski definition) is 10. The molecule has 46 heavy (non-hydrogen) atoms. The van der Waals surface area contributed by atoms with Gasteiger partial charge in [0.1, 0.15) is 5.75 Å². The Morgan fingerprint density at radius 1 is 0.652 bits per heavy atom. The Labute approximate surface area is 268 Å². The van der Waals surface area contributed by atoms with Crippen molar-refractivity contribution in [1.82, 2.24) is 5.32 Å². The predicted octanol–water partition coefficient (Wildman–Crippen LogP) is 4.00. The minimum absolute atomic E-state index is 0.0305. The molecule has 1 amide bonds. The highest BCUT2D eigenvalue weighted by Gasteiger charge is 2.76. The van der Waals surface area contributed by atoms with Crippen LogP contribution in [0.3, 0.4) is 0 Å². The molecule has 2 aromatic rings. The van der Waals surface area contributed by atoms with Crippen LogP contribution in [0.15, 0.2) is 60.7 Å². The van der Waals surface area contributed by atoms with Crippen LogP contribution in [0, 0.1) is 29.1 Å². The van der Waals surface area contributed by atoms with Crippen molar-refractivity contribution in [3.63, 3.8) is 0 Å². The van der Waals surface area contributed by atoms with E-state index < -0.39 is 64.4 Å². The number of rotatable bonds is 12. The first kappa shape index (κ1) is 34.2. The van der Waals surface area contributed by atoms with Crippen molar-refractivity contribution in [1.29, 1.82) is 0 Å². The maximum absolute atomic E-state index is 14.2. The van der Waals surface area contributed by atoms with E-state index in [9.17, 15) is 24.0 Å². The van der Waals surface area contributed by atoms with Crippen LogP contribution in [-0.4, -0.2) is 68.9 Å². The lowest BCUT2D eigenvalue weighted by Crippen LogP contribution is -2.76. The Hall–Kier alpha value is -4.67. The van der Waals surface area contributed by atoms with Crippen molar-refractivity contribution in [2.24, 2.45) is 29.1 Å². The molecule has 1 saturated carbocycles. The number of ether oxygens (including phenoxy) is 5. The van der Waals surface area contributed by atoms with Crippen LogP contribution in [0.25, 0.3) is 5.57 Å². The Kier molecular flexibility index (Phi) is 10.5. The van der Waals surface area contributed by atoms with Gasteiger partial charge in [-0.2, -0.15) is 0 Å². The first-order valence-electron chi connectivity index (χ1n) is 15.5. The van der Waals surface area contributed by atoms with Crippen LogP contribution in [0.5, 0.6) is 5.75 Å². The monoisotopic (exact) mass is 635 g/mol. The number of hydrogen-bond donors (Lipinski definition) is 1. The van der Waals surface area contributed by atoms with Gasteiger partial charge in [-0.25, -0.2) is 0 Å². The third kappa shape index (κ3) is 5.86. The van der Waals surface area contributed by atoms with E-state index >= 15 is 0 Å². The lowest BCUT2D eigenvalue weighted by atomic mass is 9.40. The van der Waals surface area contributed by atoms with Gasteiger partial charge in [-0.15, -0.1) is 0 Å². The molecule has 0 aromatic heterocycles. The summed E-state index contributed by atoms with van der Waals surface area (Å²) in [5.74, 6) is -9.16. The van der Waals surface area contributed by atoms with Gasteiger partial charge in [0, 0.05) is 11.0 Å². The van der Waals surface area contributed by atoms with Gasteiger partial charge in [0.15, 0.2) is 0 Å². The van der Waals surface area contributed by atoms with E-state index in [0.717, 1.165) is 0 Å². The van der Waals surface area contributed by atoms with Crippen molar-refractivity contribution in [3.05, 3.63) is 71.8 Å². The predicted molar refractivity (Wildman–Crippen MR) is 166 cm³/mol. The Morgan fingerprint density at radius 3 is 1.50 bits per heavy atom. The molecule has 2 unspecified atom stereocenters. The van der Waals surface area contributed by atoms with E-state index in [1.807, 2.05) is 0 Å². The highest BCUT2D eigenvalue weighted by molar-refractivity contribution is 6.02. The summed E-state index contributed by atoms with van der Waals surface area (Å²) >= 11 is 0. The molecule has 0 spiro atoms. The molecule has 11 nitrogen and oxygen atoms in total. The molecule has 0 aliphatic heterocycles. The molecule has 11 heteroatoms. The minimum atomic E-state index is -2.01. The van der Waals surface area contributed by atoms with Gasteiger partial charge in [0.05, 0.1) is 62.7 Å². The van der Waals surface area contributed by atoms with Crippen LogP contribution in [0.2, 0.25) is 0 Å². The highest BCUT2D eigenvalue weighted by atomic mass is 16.5. The summed E-state index contributed by atoms with van der Waals surface area (Å²) in [6, 6.07) is 15.1. The standard InChI is InChI=1S/C35H41NO10/c1-7-43-30(38)25-27(32(40)45-9-3)35(36-29(37)22-14-12-11-13-15-22)20-24(21-16-18-23(42-6)19-17-21)34(25,5)26(31(39)44-8-2)28(35)33(41)46-10-4/h11-20,25-28H,7-10H2,1-6H3,(H,36,37)/t25-,26+,27+,28-,34?,35?. The average Bonchev–Trinajstić information content (AvgIpc) is 3.04. The maximum Gasteiger partial charge on any atom is 0.312 e. The van der Waals surface area contributed by atoms with Crippen molar-refractivity contribution in [2.45, 2.75) is 40.2 Å². The molecule has 0 heterocycles. The van der Waals surface area contributed by atoms with Gasteiger partial charge < -0.3 is 29.0 Å². The SMILES string of the molecule is CCOC(=O)[C@@H]1[C@H](C(=O)OCC)C2(C)C(c3ccc(OC)cc3)=CC1(NC(=O)c1ccccc1)[C@@H](C(=O)OCC)[C@H]2C(=O)OCC. The summed E-state index contributed by atoms with van der Waals surface area (Å²) in [5, 5.41) is 2.95. The fourth-order valence-corrected chi connectivity index (χ4v) is 7.11. The highest BCUT2D eigenvalue weighted by Crippen LogP contribution is 2.66. The van der Waals surface area contributed by atoms with Gasteiger partial charge in [0.25, 0.3) is 5.91 Å². The molecule has 246 valence electrons. The van der Waals surface area contributed by atoms with E-state index in [0.29, 0.717) is 16.9 Å². The molecule has 1 fully saturated rings. The van der Waals surface area contributed by atoms with E-state index in [4.69, 9.17) is 23.7 Å². The zero-order chi connectivity index (χ0) is 33.6. The van der Waals surface area contributed by atoms with Crippen LogP contribution < -0.4 is 10.1 Å². The summed E-state index contributed by atoms with van der Waals surface area (Å²) in [6.07, 6.45) is 1.62. The number of fused-ring (bicyclic) bond motifs is 2. The molecule has 1 N–H and O–H groups in total. The van der Waals surface area contributed by atoms with Gasteiger partial charge in [-0.3, -0.25) is 24.0 Å². The van der Waals surface area contributed by atoms with Gasteiger partial charge >= 0.3 is 23.9 Å². The van der Waals surface area contributed by atoms with Gasteiger partial charge in [-0.1, -0.05) is 43.3 Å². The smallest absolute Gasteiger partial charge is 0.312 e. The third-order valence-corrected chi connectivity index (χ3v) is 8.88. The average molecular weight is 636 g/mol. The van der Waals surface area contributed by atoms with Crippen molar-refractivity contribution in [3.8, 4) is 5.75 Å². The van der Waals surface area contributed by atoms with E-state index in [2.05, 4.69) is 5.32 Å². The van der Waals surface area contributed by atoms with E-state index in [1.165, 1.54) is 7.11 Å². The summed E-state index contributed by atoms with van der Waals surface area (Å²) in [7, 11) is 1.52. The molecule has 3 aliphatic carbocycles. The quantitative estimate of drug-likeness (QED) is 0.269. The Balaban J connectivity index is 2.17. The number of carbonyl (C=O) groups is 5. The number of methoxy groups -OCH3 is 1. The lowest BCUT2D eigenvalue weighted by Gasteiger charge is -2.63. The summed E-state index contributed by atoms with van der Waals surface area (Å²) in [4.78, 5) is 70.6. The number of esters is 4. The molecule has 6 atom stereocenters. The van der Waals surface area contributed by atoms with Crippen LogP contribution in [-0.2, 0) is 38.1 Å².